The molecule has 1 aliphatic heterocycles. The summed E-state index contributed by atoms with van der Waals surface area (Å²) in [4.78, 5) is 15.4. The largest absolute Gasteiger partial charge is 0.467 e. The van der Waals surface area contributed by atoms with Gasteiger partial charge in [0.15, 0.2) is 12.0 Å². The van der Waals surface area contributed by atoms with Crippen LogP contribution in [0.25, 0.3) is 0 Å². The molecule has 2 unspecified atom stereocenters. The summed E-state index contributed by atoms with van der Waals surface area (Å²) in [5, 5.41) is 0. The Hall–Kier alpha value is -1.84. The van der Waals surface area contributed by atoms with Gasteiger partial charge in [-0.05, 0) is 5.56 Å². The maximum Gasteiger partial charge on any atom is 0.304 e. The van der Waals surface area contributed by atoms with Crippen molar-refractivity contribution < 1.29 is 14.3 Å². The maximum atomic E-state index is 11.1. The van der Waals surface area contributed by atoms with Gasteiger partial charge in [0.05, 0.1) is 0 Å². The highest BCUT2D eigenvalue weighted by atomic mass is 16.6. The lowest BCUT2D eigenvalue weighted by molar-refractivity contribution is -0.161. The fraction of sp³-hybridized carbons (Fsp3) is 0.385. The Morgan fingerprint density at radius 1 is 1.41 bits per heavy atom. The van der Waals surface area contributed by atoms with Gasteiger partial charge < -0.3 is 9.47 Å². The second-order valence-corrected chi connectivity index (χ2v) is 4.19. The van der Waals surface area contributed by atoms with E-state index in [9.17, 15) is 4.79 Å². The van der Waals surface area contributed by atoms with Crippen molar-refractivity contribution in [2.75, 3.05) is 0 Å². The quantitative estimate of drug-likeness (QED) is 0.737. The first kappa shape index (κ1) is 11.6. The van der Waals surface area contributed by atoms with Gasteiger partial charge in [0, 0.05) is 20.8 Å². The molecule has 0 saturated carbocycles. The van der Waals surface area contributed by atoms with Crippen molar-refractivity contribution in [2.45, 2.75) is 32.6 Å². The number of carbonyl (C=O) groups excluding carboxylic acids is 1. The van der Waals surface area contributed by atoms with Crippen LogP contribution in [-0.4, -0.2) is 17.6 Å². The van der Waals surface area contributed by atoms with Crippen molar-refractivity contribution in [3.63, 3.8) is 0 Å². The molecule has 0 fully saturated rings. The third-order valence-corrected chi connectivity index (χ3v) is 2.61. The molecule has 1 aromatic rings. The van der Waals surface area contributed by atoms with Gasteiger partial charge in [-0.2, -0.15) is 0 Å². The number of rotatable bonds is 2. The molecule has 17 heavy (non-hydrogen) atoms. The SMILES string of the molecule is CC(=O)OC1(C)N=C(C)OC1c1ccccc1. The first-order valence-corrected chi connectivity index (χ1v) is 5.49. The lowest BCUT2D eigenvalue weighted by atomic mass is 10.0. The minimum Gasteiger partial charge on any atom is -0.467 e. The van der Waals surface area contributed by atoms with Crippen LogP contribution < -0.4 is 0 Å². The van der Waals surface area contributed by atoms with Crippen LogP contribution in [0.3, 0.4) is 0 Å². The summed E-state index contributed by atoms with van der Waals surface area (Å²) in [6.45, 7) is 4.88. The fourth-order valence-corrected chi connectivity index (χ4v) is 2.05. The van der Waals surface area contributed by atoms with Crippen molar-refractivity contribution in [1.82, 2.24) is 0 Å². The number of esters is 1. The van der Waals surface area contributed by atoms with Crippen molar-refractivity contribution in [3.8, 4) is 0 Å². The minimum atomic E-state index is -0.975. The lowest BCUT2D eigenvalue weighted by Crippen LogP contribution is -2.33. The highest BCUT2D eigenvalue weighted by Gasteiger charge is 2.45. The number of benzene rings is 1. The van der Waals surface area contributed by atoms with E-state index in [1.54, 1.807) is 13.8 Å². The average Bonchev–Trinajstić information content (AvgIpc) is 2.53. The Balaban J connectivity index is 2.32. The molecule has 0 amide bonds. The second kappa shape index (κ2) is 4.20. The summed E-state index contributed by atoms with van der Waals surface area (Å²) in [5.41, 5.74) is -0.0334. The molecular weight excluding hydrogens is 218 g/mol. The van der Waals surface area contributed by atoms with Gasteiger partial charge in [-0.3, -0.25) is 4.79 Å². The molecule has 0 radical (unpaired) electrons. The van der Waals surface area contributed by atoms with E-state index in [0.29, 0.717) is 5.90 Å². The first-order chi connectivity index (χ1) is 8.01. The molecule has 0 saturated heterocycles. The van der Waals surface area contributed by atoms with Crippen LogP contribution in [0.5, 0.6) is 0 Å². The summed E-state index contributed by atoms with van der Waals surface area (Å²) in [6, 6.07) is 9.62. The van der Waals surface area contributed by atoms with Crippen LogP contribution in [0.2, 0.25) is 0 Å². The molecule has 1 aromatic carbocycles. The molecule has 0 spiro atoms. The second-order valence-electron chi connectivity index (χ2n) is 4.19. The van der Waals surface area contributed by atoms with E-state index in [4.69, 9.17) is 9.47 Å². The zero-order chi connectivity index (χ0) is 12.5. The molecular formula is C13H15NO3. The van der Waals surface area contributed by atoms with Gasteiger partial charge in [-0.1, -0.05) is 30.3 Å². The van der Waals surface area contributed by atoms with Gasteiger partial charge in [-0.25, -0.2) is 4.99 Å². The van der Waals surface area contributed by atoms with Crippen molar-refractivity contribution in [1.29, 1.82) is 0 Å². The standard InChI is InChI=1S/C13H15NO3/c1-9-14-13(3,17-10(2)15)12(16-9)11-7-5-4-6-8-11/h4-8,12H,1-3H3. The van der Waals surface area contributed by atoms with Gasteiger partial charge >= 0.3 is 5.97 Å². The van der Waals surface area contributed by atoms with Crippen LogP contribution in [0, 0.1) is 0 Å². The molecule has 90 valence electrons. The summed E-state index contributed by atoms with van der Waals surface area (Å²) in [5.74, 6) is 0.165. The van der Waals surface area contributed by atoms with E-state index in [1.807, 2.05) is 30.3 Å². The molecule has 0 N–H and O–H groups in total. The third kappa shape index (κ3) is 2.30. The Bertz CT molecular complexity index is 455. The Morgan fingerprint density at radius 3 is 2.65 bits per heavy atom. The molecule has 2 rings (SSSR count). The third-order valence-electron chi connectivity index (χ3n) is 2.61. The molecule has 0 bridgehead atoms. The number of hydrogen-bond acceptors (Lipinski definition) is 4. The normalized spacial score (nSPS) is 27.2. The monoisotopic (exact) mass is 233 g/mol. The molecule has 0 aromatic heterocycles. The summed E-state index contributed by atoms with van der Waals surface area (Å²) < 4.78 is 10.9. The number of hydrogen-bond donors (Lipinski definition) is 0. The van der Waals surface area contributed by atoms with Crippen molar-refractivity contribution >= 4 is 11.9 Å². The van der Waals surface area contributed by atoms with E-state index >= 15 is 0 Å². The Morgan fingerprint density at radius 2 is 2.06 bits per heavy atom. The number of aliphatic imine (C=N–C) groups is 1. The fourth-order valence-electron chi connectivity index (χ4n) is 2.05. The molecule has 1 heterocycles. The summed E-state index contributed by atoms with van der Waals surface area (Å²) in [6.07, 6.45) is -0.382. The van der Waals surface area contributed by atoms with Gasteiger partial charge in [0.2, 0.25) is 5.72 Å². The van der Waals surface area contributed by atoms with Crippen LogP contribution in [0.1, 0.15) is 32.4 Å². The van der Waals surface area contributed by atoms with E-state index < -0.39 is 5.72 Å². The van der Waals surface area contributed by atoms with Crippen LogP contribution >= 0.6 is 0 Å². The van der Waals surface area contributed by atoms with E-state index in [0.717, 1.165) is 5.56 Å². The zero-order valence-corrected chi connectivity index (χ0v) is 10.1. The number of carbonyl (C=O) groups is 1. The predicted molar refractivity (Wildman–Crippen MR) is 63.5 cm³/mol. The van der Waals surface area contributed by atoms with E-state index in [1.165, 1.54) is 6.92 Å². The first-order valence-electron chi connectivity index (χ1n) is 5.49. The van der Waals surface area contributed by atoms with Gasteiger partial charge in [-0.15, -0.1) is 0 Å². The Labute approximate surface area is 100 Å². The predicted octanol–water partition coefficient (Wildman–Crippen LogP) is 2.46. The number of ether oxygens (including phenoxy) is 2. The summed E-state index contributed by atoms with van der Waals surface area (Å²) >= 11 is 0. The van der Waals surface area contributed by atoms with Crippen LogP contribution in [0.4, 0.5) is 0 Å². The van der Waals surface area contributed by atoms with Crippen LogP contribution in [0.15, 0.2) is 35.3 Å². The average molecular weight is 233 g/mol. The Kier molecular flexibility index (Phi) is 2.88. The van der Waals surface area contributed by atoms with Crippen molar-refractivity contribution in [3.05, 3.63) is 35.9 Å². The van der Waals surface area contributed by atoms with Crippen molar-refractivity contribution in [2.24, 2.45) is 4.99 Å². The molecule has 4 nitrogen and oxygen atoms in total. The van der Waals surface area contributed by atoms with Crippen LogP contribution in [-0.2, 0) is 14.3 Å². The minimum absolute atomic E-state index is 0.365. The molecule has 1 aliphatic rings. The zero-order valence-electron chi connectivity index (χ0n) is 10.1. The number of nitrogens with zero attached hydrogens (tertiary/aromatic N) is 1. The van der Waals surface area contributed by atoms with E-state index in [2.05, 4.69) is 4.99 Å². The molecule has 0 aliphatic carbocycles. The van der Waals surface area contributed by atoms with Gasteiger partial charge in [0.25, 0.3) is 0 Å². The smallest absolute Gasteiger partial charge is 0.304 e. The summed E-state index contributed by atoms with van der Waals surface area (Å²) in [7, 11) is 0. The maximum absolute atomic E-state index is 11.1. The topological polar surface area (TPSA) is 47.9 Å². The highest BCUT2D eigenvalue weighted by molar-refractivity contribution is 5.76. The molecule has 4 heteroatoms. The van der Waals surface area contributed by atoms with E-state index in [-0.39, 0.29) is 12.1 Å². The highest BCUT2D eigenvalue weighted by Crippen LogP contribution is 2.38. The lowest BCUT2D eigenvalue weighted by Gasteiger charge is -2.27. The molecule has 2 atom stereocenters. The van der Waals surface area contributed by atoms with Gasteiger partial charge in [0.1, 0.15) is 0 Å².